The normalized spacial score (nSPS) is 12.2. The molecule has 144 valence electrons. The van der Waals surface area contributed by atoms with Gasteiger partial charge in [-0.2, -0.15) is 0 Å². The number of carbonyl (C=O) groups is 1. The summed E-state index contributed by atoms with van der Waals surface area (Å²) in [7, 11) is -3.91. The monoisotopic (exact) mass is 396 g/mol. The van der Waals surface area contributed by atoms with Crippen molar-refractivity contribution in [1.29, 1.82) is 0 Å². The van der Waals surface area contributed by atoms with Crippen LogP contribution in [0.25, 0.3) is 0 Å². The van der Waals surface area contributed by atoms with E-state index in [-0.39, 0.29) is 16.5 Å². The van der Waals surface area contributed by atoms with Crippen molar-refractivity contribution in [3.8, 4) is 0 Å². The first-order chi connectivity index (χ1) is 13.4. The molecule has 0 heterocycles. The highest BCUT2D eigenvalue weighted by Gasteiger charge is 2.20. The smallest absolute Gasteiger partial charge is 0.337 e. The highest BCUT2D eigenvalue weighted by atomic mass is 32.2. The third-order valence-electron chi connectivity index (χ3n) is 4.23. The quantitative estimate of drug-likeness (QED) is 0.551. The van der Waals surface area contributed by atoms with E-state index in [2.05, 4.69) is 10.0 Å². The zero-order valence-electron chi connectivity index (χ0n) is 15.2. The van der Waals surface area contributed by atoms with E-state index >= 15 is 0 Å². The molecular formula is C21H20N2O4S. The largest absolute Gasteiger partial charge is 0.478 e. The number of nitrogens with one attached hydrogen (secondary N) is 2. The maximum Gasteiger partial charge on any atom is 0.337 e. The van der Waals surface area contributed by atoms with Gasteiger partial charge in [-0.3, -0.25) is 4.72 Å². The Balaban J connectivity index is 1.90. The van der Waals surface area contributed by atoms with Gasteiger partial charge in [0.1, 0.15) is 0 Å². The highest BCUT2D eigenvalue weighted by Crippen LogP contribution is 2.26. The van der Waals surface area contributed by atoms with Crippen molar-refractivity contribution in [2.75, 3.05) is 10.0 Å². The van der Waals surface area contributed by atoms with Crippen LogP contribution in [0.2, 0.25) is 0 Å². The van der Waals surface area contributed by atoms with E-state index in [1.165, 1.54) is 12.1 Å². The van der Waals surface area contributed by atoms with Gasteiger partial charge >= 0.3 is 5.97 Å². The van der Waals surface area contributed by atoms with Gasteiger partial charge in [-0.25, -0.2) is 13.2 Å². The van der Waals surface area contributed by atoms with E-state index in [4.69, 9.17) is 0 Å². The molecule has 0 bridgehead atoms. The SMILES string of the molecule is C[C@@H](Nc1ccc(S(=O)(=O)Nc2ccccc2)cc1C(=O)O)c1ccccc1. The number of para-hydroxylation sites is 1. The fourth-order valence-corrected chi connectivity index (χ4v) is 3.86. The Kier molecular flexibility index (Phi) is 5.65. The molecule has 0 spiro atoms. The average Bonchev–Trinajstić information content (AvgIpc) is 2.69. The third-order valence-corrected chi connectivity index (χ3v) is 5.61. The average molecular weight is 396 g/mol. The lowest BCUT2D eigenvalue weighted by atomic mass is 10.1. The Bertz CT molecular complexity index is 1070. The molecule has 3 aromatic rings. The molecule has 0 saturated heterocycles. The molecule has 3 rings (SSSR count). The Morgan fingerprint density at radius 3 is 2.14 bits per heavy atom. The van der Waals surface area contributed by atoms with Crippen LogP contribution in [-0.2, 0) is 10.0 Å². The van der Waals surface area contributed by atoms with Crippen LogP contribution in [0.5, 0.6) is 0 Å². The summed E-state index contributed by atoms with van der Waals surface area (Å²) in [5, 5.41) is 12.7. The van der Waals surface area contributed by atoms with E-state index in [0.717, 1.165) is 11.6 Å². The van der Waals surface area contributed by atoms with Crippen molar-refractivity contribution in [1.82, 2.24) is 0 Å². The molecule has 3 N–H and O–H groups in total. The van der Waals surface area contributed by atoms with Gasteiger partial charge < -0.3 is 10.4 Å². The molecule has 7 heteroatoms. The van der Waals surface area contributed by atoms with E-state index in [0.29, 0.717) is 11.4 Å². The van der Waals surface area contributed by atoms with Gasteiger partial charge in [0.2, 0.25) is 0 Å². The lowest BCUT2D eigenvalue weighted by Crippen LogP contribution is -2.15. The summed E-state index contributed by atoms with van der Waals surface area (Å²) >= 11 is 0. The second-order valence-electron chi connectivity index (χ2n) is 6.26. The van der Waals surface area contributed by atoms with Crippen LogP contribution in [-0.4, -0.2) is 19.5 Å². The number of carboxylic acids is 1. The molecule has 3 aromatic carbocycles. The van der Waals surface area contributed by atoms with Crippen molar-refractivity contribution in [2.45, 2.75) is 17.9 Å². The lowest BCUT2D eigenvalue weighted by Gasteiger charge is -2.18. The van der Waals surface area contributed by atoms with Gasteiger partial charge in [0.25, 0.3) is 10.0 Å². The lowest BCUT2D eigenvalue weighted by molar-refractivity contribution is 0.0697. The number of hydrogen-bond acceptors (Lipinski definition) is 4. The van der Waals surface area contributed by atoms with E-state index < -0.39 is 16.0 Å². The number of carboxylic acid groups (broad SMARTS) is 1. The number of rotatable bonds is 7. The minimum absolute atomic E-state index is 0.112. The molecule has 6 nitrogen and oxygen atoms in total. The van der Waals surface area contributed by atoms with Crippen molar-refractivity contribution in [3.63, 3.8) is 0 Å². The minimum Gasteiger partial charge on any atom is -0.478 e. The highest BCUT2D eigenvalue weighted by molar-refractivity contribution is 7.92. The molecule has 1 atom stereocenters. The predicted octanol–water partition coefficient (Wildman–Crippen LogP) is 4.36. The Morgan fingerprint density at radius 2 is 1.54 bits per heavy atom. The summed E-state index contributed by atoms with van der Waals surface area (Å²) in [6.45, 7) is 1.91. The van der Waals surface area contributed by atoms with Gasteiger partial charge in [0.15, 0.2) is 0 Å². The zero-order chi connectivity index (χ0) is 20.1. The van der Waals surface area contributed by atoms with E-state index in [1.54, 1.807) is 30.3 Å². The summed E-state index contributed by atoms with van der Waals surface area (Å²) in [6, 6.07) is 21.9. The van der Waals surface area contributed by atoms with E-state index in [9.17, 15) is 18.3 Å². The number of hydrogen-bond donors (Lipinski definition) is 3. The third kappa shape index (κ3) is 4.50. The van der Waals surface area contributed by atoms with Crippen LogP contribution >= 0.6 is 0 Å². The molecule has 0 fully saturated rings. The van der Waals surface area contributed by atoms with Gasteiger partial charge in [0.05, 0.1) is 10.5 Å². The van der Waals surface area contributed by atoms with Crippen LogP contribution in [0.15, 0.2) is 83.8 Å². The predicted molar refractivity (Wildman–Crippen MR) is 109 cm³/mol. The van der Waals surface area contributed by atoms with Crippen LogP contribution in [0.3, 0.4) is 0 Å². The van der Waals surface area contributed by atoms with E-state index in [1.807, 2.05) is 37.3 Å². The fourth-order valence-electron chi connectivity index (χ4n) is 2.77. The van der Waals surface area contributed by atoms with Gasteiger partial charge in [-0.05, 0) is 42.8 Å². The zero-order valence-corrected chi connectivity index (χ0v) is 16.0. The Labute approximate surface area is 163 Å². The summed E-state index contributed by atoms with van der Waals surface area (Å²) in [4.78, 5) is 11.6. The maximum atomic E-state index is 12.6. The first-order valence-electron chi connectivity index (χ1n) is 8.63. The second kappa shape index (κ2) is 8.14. The summed E-state index contributed by atoms with van der Waals surface area (Å²) in [5.41, 5.74) is 1.63. The molecular weight excluding hydrogens is 376 g/mol. The molecule has 0 aromatic heterocycles. The van der Waals surface area contributed by atoms with Gasteiger partial charge in [-0.1, -0.05) is 48.5 Å². The number of benzene rings is 3. The van der Waals surface area contributed by atoms with Crippen LogP contribution < -0.4 is 10.0 Å². The first-order valence-corrected chi connectivity index (χ1v) is 10.1. The van der Waals surface area contributed by atoms with Crippen molar-refractivity contribution in [2.24, 2.45) is 0 Å². The molecule has 0 aliphatic heterocycles. The number of aromatic carboxylic acids is 1. The number of anilines is 2. The Hall–Kier alpha value is -3.32. The van der Waals surface area contributed by atoms with Crippen LogP contribution in [0.4, 0.5) is 11.4 Å². The minimum atomic E-state index is -3.91. The molecule has 0 aliphatic rings. The second-order valence-corrected chi connectivity index (χ2v) is 7.94. The summed E-state index contributed by atoms with van der Waals surface area (Å²) in [6.07, 6.45) is 0. The maximum absolute atomic E-state index is 12.6. The van der Waals surface area contributed by atoms with Crippen LogP contribution in [0.1, 0.15) is 28.9 Å². The fraction of sp³-hybridized carbons (Fsp3) is 0.0952. The summed E-state index contributed by atoms with van der Waals surface area (Å²) in [5.74, 6) is -1.21. The molecule has 0 unspecified atom stereocenters. The molecule has 28 heavy (non-hydrogen) atoms. The molecule has 0 aliphatic carbocycles. The summed E-state index contributed by atoms with van der Waals surface area (Å²) < 4.78 is 27.7. The van der Waals surface area contributed by atoms with Crippen molar-refractivity contribution < 1.29 is 18.3 Å². The number of sulfonamides is 1. The molecule has 0 amide bonds. The topological polar surface area (TPSA) is 95.5 Å². The molecule has 0 saturated carbocycles. The Morgan fingerprint density at radius 1 is 0.929 bits per heavy atom. The first kappa shape index (κ1) is 19.4. The van der Waals surface area contributed by atoms with Crippen molar-refractivity contribution >= 4 is 27.4 Å². The van der Waals surface area contributed by atoms with Gasteiger partial charge in [-0.15, -0.1) is 0 Å². The standard InChI is InChI=1S/C21H20N2O4S/c1-15(16-8-4-2-5-9-16)22-20-13-12-18(14-19(20)21(24)25)28(26,27)23-17-10-6-3-7-11-17/h2-15,22-23H,1H3,(H,24,25)/t15-/m1/s1. The molecule has 0 radical (unpaired) electrons. The van der Waals surface area contributed by atoms with Crippen LogP contribution in [0, 0.1) is 0 Å². The van der Waals surface area contributed by atoms with Gasteiger partial charge in [0, 0.05) is 17.4 Å². The van der Waals surface area contributed by atoms with Crippen molar-refractivity contribution in [3.05, 3.63) is 90.0 Å².